The summed E-state index contributed by atoms with van der Waals surface area (Å²) in [4.78, 5) is 25.7. The molecular formula is C21H25N3O2. The molecule has 1 fully saturated rings. The standard InChI is InChI=1S/C21H25N3O2/c22-20(26)21(17-7-3-1-4-8-17,18-9-5-2-6-10-18)19-11-13-24(15-19)14-12-23-16-25/h1-10,16,19H,11-15H2,(H2,22,26)(H,23,25)/t19-/m1/s1. The van der Waals surface area contributed by atoms with Gasteiger partial charge in [-0.3, -0.25) is 9.59 Å². The summed E-state index contributed by atoms with van der Waals surface area (Å²) in [5.41, 5.74) is 7.10. The number of amides is 2. The minimum Gasteiger partial charge on any atom is -0.369 e. The zero-order valence-electron chi connectivity index (χ0n) is 14.8. The molecule has 0 bridgehead atoms. The molecule has 2 amide bonds. The van der Waals surface area contributed by atoms with E-state index in [0.29, 0.717) is 6.54 Å². The summed E-state index contributed by atoms with van der Waals surface area (Å²) in [6, 6.07) is 19.7. The zero-order chi connectivity index (χ0) is 18.4. The molecule has 0 saturated carbocycles. The highest BCUT2D eigenvalue weighted by atomic mass is 16.1. The van der Waals surface area contributed by atoms with E-state index in [-0.39, 0.29) is 11.8 Å². The van der Waals surface area contributed by atoms with Gasteiger partial charge in [-0.2, -0.15) is 0 Å². The summed E-state index contributed by atoms with van der Waals surface area (Å²) in [6.07, 6.45) is 1.60. The van der Waals surface area contributed by atoms with Crippen LogP contribution in [0.15, 0.2) is 60.7 Å². The predicted octanol–water partition coefficient (Wildman–Crippen LogP) is 1.53. The molecular weight excluding hydrogens is 326 g/mol. The van der Waals surface area contributed by atoms with Crippen LogP contribution in [0.3, 0.4) is 0 Å². The molecule has 0 aromatic heterocycles. The average Bonchev–Trinajstić information content (AvgIpc) is 3.13. The van der Waals surface area contributed by atoms with Crippen molar-refractivity contribution in [2.45, 2.75) is 11.8 Å². The van der Waals surface area contributed by atoms with Crippen molar-refractivity contribution in [2.24, 2.45) is 11.7 Å². The summed E-state index contributed by atoms with van der Waals surface area (Å²) in [5, 5.41) is 2.70. The first-order valence-electron chi connectivity index (χ1n) is 9.00. The van der Waals surface area contributed by atoms with Crippen molar-refractivity contribution in [3.63, 3.8) is 0 Å². The maximum Gasteiger partial charge on any atom is 0.232 e. The van der Waals surface area contributed by atoms with Crippen molar-refractivity contribution < 1.29 is 9.59 Å². The fourth-order valence-corrected chi connectivity index (χ4v) is 4.20. The Balaban J connectivity index is 1.99. The Morgan fingerprint density at radius 3 is 2.19 bits per heavy atom. The van der Waals surface area contributed by atoms with Gasteiger partial charge in [-0.1, -0.05) is 60.7 Å². The van der Waals surface area contributed by atoms with E-state index >= 15 is 0 Å². The summed E-state index contributed by atoms with van der Waals surface area (Å²) >= 11 is 0. The number of nitrogens with one attached hydrogen (secondary N) is 1. The third-order valence-corrected chi connectivity index (χ3v) is 5.39. The first-order valence-corrected chi connectivity index (χ1v) is 9.00. The molecule has 0 aliphatic carbocycles. The number of likely N-dealkylation sites (tertiary alicyclic amines) is 1. The van der Waals surface area contributed by atoms with E-state index in [1.165, 1.54) is 0 Å². The van der Waals surface area contributed by atoms with Gasteiger partial charge < -0.3 is 16.0 Å². The second-order valence-electron chi connectivity index (χ2n) is 6.76. The Morgan fingerprint density at radius 1 is 1.12 bits per heavy atom. The van der Waals surface area contributed by atoms with Crippen LogP contribution in [0.5, 0.6) is 0 Å². The first kappa shape index (κ1) is 18.1. The largest absolute Gasteiger partial charge is 0.369 e. The minimum absolute atomic E-state index is 0.0843. The molecule has 1 aliphatic heterocycles. The second kappa shape index (κ2) is 8.15. The Kier molecular flexibility index (Phi) is 5.68. The molecule has 2 aromatic carbocycles. The van der Waals surface area contributed by atoms with E-state index in [9.17, 15) is 9.59 Å². The monoisotopic (exact) mass is 351 g/mol. The van der Waals surface area contributed by atoms with E-state index in [4.69, 9.17) is 5.73 Å². The lowest BCUT2D eigenvalue weighted by Gasteiger charge is -2.37. The van der Waals surface area contributed by atoms with Crippen LogP contribution in [0, 0.1) is 5.92 Å². The molecule has 2 aromatic rings. The predicted molar refractivity (Wildman–Crippen MR) is 101 cm³/mol. The third-order valence-electron chi connectivity index (χ3n) is 5.39. The molecule has 1 aliphatic rings. The molecule has 136 valence electrons. The molecule has 3 N–H and O–H groups in total. The van der Waals surface area contributed by atoms with Crippen LogP contribution in [0.4, 0.5) is 0 Å². The van der Waals surface area contributed by atoms with Crippen LogP contribution in [0.25, 0.3) is 0 Å². The van der Waals surface area contributed by atoms with Gasteiger partial charge in [-0.15, -0.1) is 0 Å². The van der Waals surface area contributed by atoms with E-state index < -0.39 is 5.41 Å². The lowest BCUT2D eigenvalue weighted by molar-refractivity contribution is -0.123. The Bertz CT molecular complexity index is 694. The van der Waals surface area contributed by atoms with Crippen LogP contribution in [0.2, 0.25) is 0 Å². The number of nitrogens with two attached hydrogens (primary N) is 1. The van der Waals surface area contributed by atoms with E-state index in [1.807, 2.05) is 60.7 Å². The third kappa shape index (κ3) is 3.35. The van der Waals surface area contributed by atoms with Gasteiger partial charge in [-0.25, -0.2) is 0 Å². The highest BCUT2D eigenvalue weighted by Gasteiger charge is 2.49. The molecule has 0 unspecified atom stereocenters. The lowest BCUT2D eigenvalue weighted by Crippen LogP contribution is -2.49. The van der Waals surface area contributed by atoms with Crippen LogP contribution < -0.4 is 11.1 Å². The van der Waals surface area contributed by atoms with Crippen LogP contribution in [0.1, 0.15) is 17.5 Å². The van der Waals surface area contributed by atoms with Gasteiger partial charge in [0.2, 0.25) is 12.3 Å². The molecule has 0 spiro atoms. The highest BCUT2D eigenvalue weighted by molar-refractivity contribution is 5.91. The Labute approximate surface area is 154 Å². The van der Waals surface area contributed by atoms with Gasteiger partial charge >= 0.3 is 0 Å². The highest BCUT2D eigenvalue weighted by Crippen LogP contribution is 2.43. The van der Waals surface area contributed by atoms with Crippen molar-refractivity contribution >= 4 is 12.3 Å². The summed E-state index contributed by atoms with van der Waals surface area (Å²) in [5.74, 6) is -0.228. The van der Waals surface area contributed by atoms with Gasteiger partial charge in [0.1, 0.15) is 5.41 Å². The van der Waals surface area contributed by atoms with E-state index in [1.54, 1.807) is 0 Å². The zero-order valence-corrected chi connectivity index (χ0v) is 14.8. The van der Waals surface area contributed by atoms with Crippen LogP contribution in [-0.2, 0) is 15.0 Å². The fourth-order valence-electron chi connectivity index (χ4n) is 4.20. The molecule has 5 nitrogen and oxygen atoms in total. The number of hydrogen-bond donors (Lipinski definition) is 2. The van der Waals surface area contributed by atoms with E-state index in [2.05, 4.69) is 10.2 Å². The second-order valence-corrected chi connectivity index (χ2v) is 6.76. The maximum absolute atomic E-state index is 12.9. The fraction of sp³-hybridized carbons (Fsp3) is 0.333. The van der Waals surface area contributed by atoms with Gasteiger partial charge in [0.25, 0.3) is 0 Å². The Morgan fingerprint density at radius 2 is 1.69 bits per heavy atom. The molecule has 0 radical (unpaired) electrons. The topological polar surface area (TPSA) is 75.4 Å². The molecule has 1 atom stereocenters. The number of hydrogen-bond acceptors (Lipinski definition) is 3. The molecule has 26 heavy (non-hydrogen) atoms. The van der Waals surface area contributed by atoms with Gasteiger partial charge in [-0.05, 0) is 30.0 Å². The SMILES string of the molecule is NC(=O)C(c1ccccc1)(c1ccccc1)[C@@H]1CCN(CCNC=O)C1. The lowest BCUT2D eigenvalue weighted by atomic mass is 9.64. The quantitative estimate of drug-likeness (QED) is 0.559. The van der Waals surface area contributed by atoms with Crippen LogP contribution in [-0.4, -0.2) is 43.4 Å². The number of carbonyl (C=O) groups excluding carboxylic acids is 2. The van der Waals surface area contributed by atoms with Crippen molar-refractivity contribution in [3.8, 4) is 0 Å². The van der Waals surface area contributed by atoms with Crippen molar-refractivity contribution in [1.82, 2.24) is 10.2 Å². The summed E-state index contributed by atoms with van der Waals surface area (Å²) in [7, 11) is 0. The summed E-state index contributed by atoms with van der Waals surface area (Å²) < 4.78 is 0. The maximum atomic E-state index is 12.9. The van der Waals surface area contributed by atoms with Gasteiger partial charge in [0, 0.05) is 19.6 Å². The average molecular weight is 351 g/mol. The number of nitrogens with zero attached hydrogens (tertiary/aromatic N) is 1. The molecule has 1 saturated heterocycles. The number of benzene rings is 2. The number of rotatable bonds is 8. The minimum atomic E-state index is -0.852. The first-order chi connectivity index (χ1) is 12.7. The van der Waals surface area contributed by atoms with Crippen molar-refractivity contribution in [1.29, 1.82) is 0 Å². The smallest absolute Gasteiger partial charge is 0.232 e. The van der Waals surface area contributed by atoms with E-state index in [0.717, 1.165) is 43.6 Å². The number of primary amides is 1. The summed E-state index contributed by atoms with van der Waals surface area (Å²) in [6.45, 7) is 3.04. The number of carbonyl (C=O) groups is 2. The molecule has 3 rings (SSSR count). The van der Waals surface area contributed by atoms with Gasteiger partial charge in [0.05, 0.1) is 0 Å². The molecule has 1 heterocycles. The van der Waals surface area contributed by atoms with Gasteiger partial charge in [0.15, 0.2) is 0 Å². The van der Waals surface area contributed by atoms with Crippen LogP contribution >= 0.6 is 0 Å². The van der Waals surface area contributed by atoms with Crippen molar-refractivity contribution in [2.75, 3.05) is 26.2 Å². The Hall–Kier alpha value is -2.66. The van der Waals surface area contributed by atoms with Crippen molar-refractivity contribution in [3.05, 3.63) is 71.8 Å². The molecule has 5 heteroatoms. The normalized spacial score (nSPS) is 17.8.